The zero-order valence-electron chi connectivity index (χ0n) is 22.3. The van der Waals surface area contributed by atoms with E-state index in [1.165, 1.54) is 6.08 Å². The quantitative estimate of drug-likeness (QED) is 0.150. The third-order valence-electron chi connectivity index (χ3n) is 7.58. The van der Waals surface area contributed by atoms with Crippen LogP contribution in [0.5, 0.6) is 0 Å². The number of carbonyl (C=O) groups is 6. The van der Waals surface area contributed by atoms with Gasteiger partial charge in [-0.05, 0) is 49.2 Å². The molecule has 1 aliphatic rings. The minimum Gasteiger partial charge on any atom is -0.465 e. The van der Waals surface area contributed by atoms with Crippen LogP contribution in [0.25, 0.3) is 0 Å². The molecule has 0 aromatic carbocycles. The van der Waals surface area contributed by atoms with Crippen molar-refractivity contribution in [2.24, 2.45) is 35.5 Å². The molecule has 1 rings (SSSR count). The van der Waals surface area contributed by atoms with Gasteiger partial charge in [-0.3, -0.25) is 19.2 Å². The number of aldehydes is 4. The Labute approximate surface area is 223 Å². The van der Waals surface area contributed by atoms with Gasteiger partial charge in [0.15, 0.2) is 0 Å². The lowest BCUT2D eigenvalue weighted by Gasteiger charge is -2.27. The Hall–Kier alpha value is -2.98. The van der Waals surface area contributed by atoms with Gasteiger partial charge in [-0.15, -0.1) is 0 Å². The first-order valence-corrected chi connectivity index (χ1v) is 12.9. The van der Waals surface area contributed by atoms with Crippen LogP contribution >= 0.6 is 0 Å². The van der Waals surface area contributed by atoms with Gasteiger partial charge in [-0.2, -0.15) is 0 Å². The molecule has 0 aromatic heterocycles. The molecule has 0 amide bonds. The number of carbonyl (C=O) groups excluding carboxylic acids is 6. The van der Waals surface area contributed by atoms with Gasteiger partial charge < -0.3 is 29.3 Å². The van der Waals surface area contributed by atoms with Crippen LogP contribution in [0.4, 0.5) is 0 Å². The number of ether oxygens (including phenoxy) is 2. The second-order valence-corrected chi connectivity index (χ2v) is 9.68. The summed E-state index contributed by atoms with van der Waals surface area (Å²) in [7, 11) is 0. The molecule has 7 atom stereocenters. The van der Waals surface area contributed by atoms with E-state index in [-0.39, 0.29) is 63.3 Å². The molecular formula is C28H40O10. The van der Waals surface area contributed by atoms with E-state index in [1.54, 1.807) is 19.9 Å². The molecule has 10 nitrogen and oxygen atoms in total. The summed E-state index contributed by atoms with van der Waals surface area (Å²) < 4.78 is 11.1. The van der Waals surface area contributed by atoms with E-state index in [9.17, 15) is 39.0 Å². The van der Waals surface area contributed by atoms with Crippen molar-refractivity contribution in [3.63, 3.8) is 0 Å². The second-order valence-electron chi connectivity index (χ2n) is 9.68. The molecule has 2 N–H and O–H groups in total. The van der Waals surface area contributed by atoms with Crippen LogP contribution in [0.15, 0.2) is 23.3 Å². The highest BCUT2D eigenvalue weighted by molar-refractivity contribution is 5.79. The molecule has 0 spiro atoms. The summed E-state index contributed by atoms with van der Waals surface area (Å²) in [6.07, 6.45) is 5.02. The fourth-order valence-electron chi connectivity index (χ4n) is 5.22. The normalized spacial score (nSPS) is 24.1. The summed E-state index contributed by atoms with van der Waals surface area (Å²) in [4.78, 5) is 69.6. The number of aliphatic hydroxyl groups excluding tert-OH is 2. The minimum absolute atomic E-state index is 0.00364. The molecule has 1 saturated carbocycles. The lowest BCUT2D eigenvalue weighted by molar-refractivity contribution is -0.152. The summed E-state index contributed by atoms with van der Waals surface area (Å²) in [6, 6.07) is 0. The first-order chi connectivity index (χ1) is 18.2. The van der Waals surface area contributed by atoms with Crippen molar-refractivity contribution in [3.05, 3.63) is 23.3 Å². The van der Waals surface area contributed by atoms with Gasteiger partial charge in [-0.25, -0.2) is 0 Å². The van der Waals surface area contributed by atoms with Crippen molar-refractivity contribution >= 4 is 37.1 Å². The van der Waals surface area contributed by atoms with E-state index in [1.807, 2.05) is 6.92 Å². The number of aliphatic hydroxyl groups is 2. The maximum atomic E-state index is 12.7. The molecule has 0 aromatic rings. The SMILES string of the molecule is C/C=C(/C=O)[C@@H](CC=O)CC(=O)OCC(CO)[C@@H]1C[C@@H](OC(=O)C[C@H](CC=O)/C(C=O)=C\C)[C@H](C)[C@H]1CO. The third kappa shape index (κ3) is 9.40. The first kappa shape index (κ1) is 33.0. The van der Waals surface area contributed by atoms with Crippen LogP contribution in [0.3, 0.4) is 0 Å². The first-order valence-electron chi connectivity index (χ1n) is 12.9. The van der Waals surface area contributed by atoms with Crippen molar-refractivity contribution < 1.29 is 48.5 Å². The van der Waals surface area contributed by atoms with E-state index >= 15 is 0 Å². The average Bonchev–Trinajstić information content (AvgIpc) is 3.20. The van der Waals surface area contributed by atoms with Crippen molar-refractivity contribution in [3.8, 4) is 0 Å². The molecule has 1 unspecified atom stereocenters. The predicted molar refractivity (Wildman–Crippen MR) is 136 cm³/mol. The molecule has 0 bridgehead atoms. The molecule has 0 radical (unpaired) electrons. The highest BCUT2D eigenvalue weighted by Crippen LogP contribution is 2.43. The highest BCUT2D eigenvalue weighted by atomic mass is 16.5. The van der Waals surface area contributed by atoms with Crippen LogP contribution in [0.2, 0.25) is 0 Å². The number of hydrogen-bond acceptors (Lipinski definition) is 10. The summed E-state index contributed by atoms with van der Waals surface area (Å²) >= 11 is 0. The van der Waals surface area contributed by atoms with Gasteiger partial charge in [0.05, 0.1) is 19.4 Å². The topological polar surface area (TPSA) is 161 Å². The molecule has 212 valence electrons. The Morgan fingerprint density at radius 2 is 1.42 bits per heavy atom. The minimum atomic E-state index is -0.623. The van der Waals surface area contributed by atoms with E-state index in [0.717, 1.165) is 0 Å². The fourth-order valence-corrected chi connectivity index (χ4v) is 5.22. The zero-order chi connectivity index (χ0) is 28.7. The van der Waals surface area contributed by atoms with Crippen LogP contribution in [-0.4, -0.2) is 73.2 Å². The zero-order valence-corrected chi connectivity index (χ0v) is 22.3. The number of allylic oxidation sites excluding steroid dienone is 4. The van der Waals surface area contributed by atoms with Gasteiger partial charge in [0, 0.05) is 43.8 Å². The molecule has 0 heterocycles. The molecule has 1 aliphatic carbocycles. The largest absolute Gasteiger partial charge is 0.465 e. The van der Waals surface area contributed by atoms with Crippen molar-refractivity contribution in [1.82, 2.24) is 0 Å². The van der Waals surface area contributed by atoms with Crippen LogP contribution in [0, 0.1) is 35.5 Å². The molecule has 0 saturated heterocycles. The molecule has 10 heteroatoms. The monoisotopic (exact) mass is 536 g/mol. The Bertz CT molecular complexity index is 877. The Morgan fingerprint density at radius 1 is 0.895 bits per heavy atom. The molecular weight excluding hydrogens is 496 g/mol. The Kier molecular flexibility index (Phi) is 15.2. The smallest absolute Gasteiger partial charge is 0.306 e. The van der Waals surface area contributed by atoms with Gasteiger partial charge >= 0.3 is 11.9 Å². The third-order valence-corrected chi connectivity index (χ3v) is 7.58. The van der Waals surface area contributed by atoms with Crippen molar-refractivity contribution in [2.45, 2.75) is 59.0 Å². The average molecular weight is 537 g/mol. The molecule has 1 fully saturated rings. The van der Waals surface area contributed by atoms with Crippen LogP contribution in [-0.2, 0) is 38.2 Å². The lowest BCUT2D eigenvalue weighted by Crippen LogP contribution is -2.31. The fraction of sp³-hybridized carbons (Fsp3) is 0.643. The standard InChI is InChI=1S/C28H40O10/c1-4-19(13-31)21(6-8-29)10-27(35)37-17-23(15-33)24-12-26(18(3)25(24)16-34)38-28(36)11-22(7-9-30)20(5-2)14-32/h4-5,8-9,13-14,18,21-26,33-34H,6-7,10-12,15-17H2,1-3H3/b19-4-,20-5-/t18-,21+,22+,23?,24+,25-,26-/m1/s1. The lowest BCUT2D eigenvalue weighted by atomic mass is 9.82. The summed E-state index contributed by atoms with van der Waals surface area (Å²) in [5, 5.41) is 20.1. The van der Waals surface area contributed by atoms with Gasteiger partial charge in [0.2, 0.25) is 0 Å². The summed E-state index contributed by atoms with van der Waals surface area (Å²) in [5.74, 6) is -3.81. The van der Waals surface area contributed by atoms with E-state index in [0.29, 0.717) is 42.7 Å². The number of hydrogen-bond donors (Lipinski definition) is 2. The van der Waals surface area contributed by atoms with Crippen molar-refractivity contribution in [1.29, 1.82) is 0 Å². The molecule has 0 aliphatic heterocycles. The van der Waals surface area contributed by atoms with Gasteiger partial charge in [0.25, 0.3) is 0 Å². The van der Waals surface area contributed by atoms with E-state index < -0.39 is 35.8 Å². The second kappa shape index (κ2) is 17.5. The Balaban J connectivity index is 2.86. The van der Waals surface area contributed by atoms with Crippen molar-refractivity contribution in [2.75, 3.05) is 19.8 Å². The summed E-state index contributed by atoms with van der Waals surface area (Å²) in [6.45, 7) is 4.41. The van der Waals surface area contributed by atoms with Gasteiger partial charge in [0.1, 0.15) is 31.2 Å². The number of rotatable bonds is 18. The Morgan fingerprint density at radius 3 is 1.84 bits per heavy atom. The number of esters is 2. The van der Waals surface area contributed by atoms with Gasteiger partial charge in [-0.1, -0.05) is 19.1 Å². The van der Waals surface area contributed by atoms with E-state index in [4.69, 9.17) is 9.47 Å². The van der Waals surface area contributed by atoms with Crippen LogP contribution in [0.1, 0.15) is 52.9 Å². The highest BCUT2D eigenvalue weighted by Gasteiger charge is 2.45. The maximum Gasteiger partial charge on any atom is 0.306 e. The maximum absolute atomic E-state index is 12.7. The van der Waals surface area contributed by atoms with Crippen LogP contribution < -0.4 is 0 Å². The predicted octanol–water partition coefficient (Wildman–Crippen LogP) is 1.80. The van der Waals surface area contributed by atoms with E-state index in [2.05, 4.69) is 0 Å². The molecule has 38 heavy (non-hydrogen) atoms. The summed E-state index contributed by atoms with van der Waals surface area (Å²) in [5.41, 5.74) is 0.666.